The predicted octanol–water partition coefficient (Wildman–Crippen LogP) is 2.08. The zero-order valence-corrected chi connectivity index (χ0v) is 10.2. The zero-order chi connectivity index (χ0) is 13.6. The van der Waals surface area contributed by atoms with Crippen molar-refractivity contribution in [3.8, 4) is 0 Å². The number of aromatic nitrogens is 2. The van der Waals surface area contributed by atoms with E-state index in [-0.39, 0.29) is 5.56 Å². The van der Waals surface area contributed by atoms with Crippen LogP contribution in [0.25, 0.3) is 11.0 Å². The van der Waals surface area contributed by atoms with Crippen LogP contribution in [-0.2, 0) is 5.92 Å². The van der Waals surface area contributed by atoms with E-state index < -0.39 is 23.6 Å². The first-order valence-electron chi connectivity index (χ1n) is 5.57. The predicted molar refractivity (Wildman–Crippen MR) is 65.7 cm³/mol. The number of fused-ring (bicyclic) bond motifs is 1. The number of hydrogen-bond acceptors (Lipinski definition) is 2. The maximum absolute atomic E-state index is 14.0. The minimum absolute atomic E-state index is 0.149. The van der Waals surface area contributed by atoms with Crippen molar-refractivity contribution in [2.45, 2.75) is 31.7 Å². The maximum atomic E-state index is 14.0. The van der Waals surface area contributed by atoms with Crippen LogP contribution >= 0.6 is 0 Å². The first kappa shape index (κ1) is 12.8. The Labute approximate surface area is 102 Å². The lowest BCUT2D eigenvalue weighted by molar-refractivity contribution is -0.0294. The fraction of sp³-hybridized carbons (Fsp3) is 0.417. The van der Waals surface area contributed by atoms with Crippen LogP contribution in [0, 0.1) is 0 Å². The molecule has 4 nitrogen and oxygen atoms in total. The van der Waals surface area contributed by atoms with Gasteiger partial charge in [0, 0.05) is 17.5 Å². The SMILES string of the molecule is CC(C)(N)CC(F)(F)c1ccc2[nH]c(=O)[nH]c2c1. The zero-order valence-electron chi connectivity index (χ0n) is 10.2. The second kappa shape index (κ2) is 3.91. The van der Waals surface area contributed by atoms with Crippen molar-refractivity contribution in [2.24, 2.45) is 5.73 Å². The van der Waals surface area contributed by atoms with Crippen LogP contribution in [-0.4, -0.2) is 15.5 Å². The molecule has 0 aliphatic carbocycles. The molecule has 0 aliphatic rings. The highest BCUT2D eigenvalue weighted by molar-refractivity contribution is 5.75. The lowest BCUT2D eigenvalue weighted by Crippen LogP contribution is -2.38. The molecule has 98 valence electrons. The summed E-state index contributed by atoms with van der Waals surface area (Å²) in [6, 6.07) is 4.04. The molecule has 0 fully saturated rings. The number of aromatic amines is 2. The van der Waals surface area contributed by atoms with Crippen LogP contribution in [0.2, 0.25) is 0 Å². The van der Waals surface area contributed by atoms with Gasteiger partial charge in [-0.25, -0.2) is 13.6 Å². The molecule has 0 atom stereocenters. The molecule has 0 aliphatic heterocycles. The monoisotopic (exact) mass is 255 g/mol. The number of imidazole rings is 1. The summed E-state index contributed by atoms with van der Waals surface area (Å²) in [6.45, 7) is 3.11. The highest BCUT2D eigenvalue weighted by Crippen LogP contribution is 2.35. The van der Waals surface area contributed by atoms with E-state index in [1.807, 2.05) is 0 Å². The fourth-order valence-corrected chi connectivity index (χ4v) is 1.93. The molecule has 1 heterocycles. The van der Waals surface area contributed by atoms with E-state index in [4.69, 9.17) is 5.73 Å². The van der Waals surface area contributed by atoms with Gasteiger partial charge in [-0.1, -0.05) is 6.07 Å². The maximum Gasteiger partial charge on any atom is 0.323 e. The highest BCUT2D eigenvalue weighted by Gasteiger charge is 2.36. The van der Waals surface area contributed by atoms with Crippen LogP contribution in [0.4, 0.5) is 8.78 Å². The number of benzene rings is 1. The van der Waals surface area contributed by atoms with Crippen LogP contribution in [0.3, 0.4) is 0 Å². The molecule has 6 heteroatoms. The molecule has 1 aromatic heterocycles. The summed E-state index contributed by atoms with van der Waals surface area (Å²) in [5, 5.41) is 0. The summed E-state index contributed by atoms with van der Waals surface area (Å²) in [4.78, 5) is 16.0. The standard InChI is InChI=1S/C12H15F2N3O/c1-11(2,15)6-12(13,14)7-3-4-8-9(5-7)17-10(18)16-8/h3-5H,6,15H2,1-2H3,(H2,16,17,18). The Bertz CT molecular complexity index is 622. The Morgan fingerprint density at radius 1 is 1.22 bits per heavy atom. The van der Waals surface area contributed by atoms with E-state index in [2.05, 4.69) is 9.97 Å². The number of hydrogen-bond donors (Lipinski definition) is 3. The van der Waals surface area contributed by atoms with Crippen molar-refractivity contribution in [3.63, 3.8) is 0 Å². The van der Waals surface area contributed by atoms with E-state index in [0.29, 0.717) is 11.0 Å². The highest BCUT2D eigenvalue weighted by atomic mass is 19.3. The lowest BCUT2D eigenvalue weighted by atomic mass is 9.93. The Morgan fingerprint density at radius 2 is 1.83 bits per heavy atom. The molecule has 4 N–H and O–H groups in total. The Balaban J connectivity index is 2.43. The minimum atomic E-state index is -3.03. The van der Waals surface area contributed by atoms with Gasteiger partial charge in [-0.15, -0.1) is 0 Å². The van der Waals surface area contributed by atoms with Gasteiger partial charge in [0.2, 0.25) is 0 Å². The lowest BCUT2D eigenvalue weighted by Gasteiger charge is -2.25. The van der Waals surface area contributed by atoms with Gasteiger partial charge in [0.25, 0.3) is 5.92 Å². The molecular weight excluding hydrogens is 240 g/mol. The van der Waals surface area contributed by atoms with E-state index >= 15 is 0 Å². The van der Waals surface area contributed by atoms with Gasteiger partial charge in [0.05, 0.1) is 11.0 Å². The van der Waals surface area contributed by atoms with E-state index in [0.717, 1.165) is 0 Å². The van der Waals surface area contributed by atoms with Crippen LogP contribution < -0.4 is 11.4 Å². The molecule has 0 amide bonds. The van der Waals surface area contributed by atoms with Gasteiger partial charge in [0.1, 0.15) is 0 Å². The average molecular weight is 255 g/mol. The topological polar surface area (TPSA) is 74.7 Å². The Morgan fingerprint density at radius 3 is 2.44 bits per heavy atom. The van der Waals surface area contributed by atoms with Gasteiger partial charge in [-0.05, 0) is 26.0 Å². The summed E-state index contributed by atoms with van der Waals surface area (Å²) in [6.07, 6.45) is -0.458. The summed E-state index contributed by atoms with van der Waals surface area (Å²) in [7, 11) is 0. The van der Waals surface area contributed by atoms with Crippen LogP contribution in [0.1, 0.15) is 25.8 Å². The molecule has 0 radical (unpaired) electrons. The van der Waals surface area contributed by atoms with E-state index in [1.165, 1.54) is 18.2 Å². The van der Waals surface area contributed by atoms with E-state index in [9.17, 15) is 13.6 Å². The van der Waals surface area contributed by atoms with Crippen molar-refractivity contribution in [3.05, 3.63) is 34.2 Å². The largest absolute Gasteiger partial charge is 0.325 e. The third kappa shape index (κ3) is 2.59. The van der Waals surface area contributed by atoms with Crippen molar-refractivity contribution >= 4 is 11.0 Å². The van der Waals surface area contributed by atoms with Crippen molar-refractivity contribution in [1.29, 1.82) is 0 Å². The van der Waals surface area contributed by atoms with Gasteiger partial charge >= 0.3 is 5.69 Å². The Kier molecular flexibility index (Phi) is 2.77. The smallest absolute Gasteiger partial charge is 0.323 e. The molecule has 0 saturated carbocycles. The number of nitrogens with one attached hydrogen (secondary N) is 2. The molecule has 0 bridgehead atoms. The number of H-pyrrole nitrogens is 2. The molecule has 0 spiro atoms. The number of nitrogens with two attached hydrogens (primary N) is 1. The number of alkyl halides is 2. The van der Waals surface area contributed by atoms with Crippen molar-refractivity contribution < 1.29 is 8.78 Å². The quantitative estimate of drug-likeness (QED) is 0.785. The first-order chi connectivity index (χ1) is 8.17. The van der Waals surface area contributed by atoms with Crippen molar-refractivity contribution in [2.75, 3.05) is 0 Å². The molecule has 1 aromatic carbocycles. The van der Waals surface area contributed by atoms with Gasteiger partial charge in [-0.3, -0.25) is 0 Å². The second-order valence-corrected chi connectivity index (χ2v) is 5.21. The summed E-state index contributed by atoms with van der Waals surface area (Å²) in [5.74, 6) is -3.03. The average Bonchev–Trinajstić information content (AvgIpc) is 2.52. The molecule has 0 unspecified atom stereocenters. The number of halogens is 2. The summed E-state index contributed by atoms with van der Waals surface area (Å²) < 4.78 is 28.0. The third-order valence-corrected chi connectivity index (χ3v) is 2.62. The summed E-state index contributed by atoms with van der Waals surface area (Å²) >= 11 is 0. The van der Waals surface area contributed by atoms with Crippen molar-refractivity contribution in [1.82, 2.24) is 9.97 Å². The molecule has 2 rings (SSSR count). The van der Waals surface area contributed by atoms with E-state index in [1.54, 1.807) is 13.8 Å². The van der Waals surface area contributed by atoms with Crippen LogP contribution in [0.5, 0.6) is 0 Å². The third-order valence-electron chi connectivity index (χ3n) is 2.62. The molecule has 0 saturated heterocycles. The fourth-order valence-electron chi connectivity index (χ4n) is 1.93. The minimum Gasteiger partial charge on any atom is -0.325 e. The normalized spacial score (nSPS) is 13.2. The number of rotatable bonds is 3. The molecule has 2 aromatic rings. The van der Waals surface area contributed by atoms with Gasteiger partial charge in [-0.2, -0.15) is 0 Å². The Hall–Kier alpha value is -1.69. The van der Waals surface area contributed by atoms with Crippen LogP contribution in [0.15, 0.2) is 23.0 Å². The second-order valence-electron chi connectivity index (χ2n) is 5.21. The van der Waals surface area contributed by atoms with Gasteiger partial charge < -0.3 is 15.7 Å². The molecular formula is C12H15F2N3O. The molecule has 18 heavy (non-hydrogen) atoms. The van der Waals surface area contributed by atoms with Gasteiger partial charge in [0.15, 0.2) is 0 Å². The summed E-state index contributed by atoms with van der Waals surface area (Å²) in [5.41, 5.74) is 4.98. The first-order valence-corrected chi connectivity index (χ1v) is 5.57.